The molecule has 29 heavy (non-hydrogen) atoms. The van der Waals surface area contributed by atoms with E-state index in [9.17, 15) is 0 Å². The zero-order chi connectivity index (χ0) is 20.4. The van der Waals surface area contributed by atoms with Crippen LogP contribution in [0.15, 0.2) is 23.2 Å². The van der Waals surface area contributed by atoms with Gasteiger partial charge in [-0.25, -0.2) is 0 Å². The maximum absolute atomic E-state index is 6.05. The third-order valence-corrected chi connectivity index (χ3v) is 5.26. The number of guanidine groups is 1. The largest absolute Gasteiger partial charge is 0.493 e. The second kappa shape index (κ2) is 13.3. The standard InChI is InChI=1S/C22H37N3O3.HI/c1-17(2)8-11-28-20-14-18(3)6-7-19(20)15-24-21(23-4)25-16-22(26-5)9-12-27-13-10-22;/h6-7,14,17H,8-13,15-16H2,1-5H3,(H2,23,24,25);1H. The smallest absolute Gasteiger partial charge is 0.191 e. The second-order valence-electron chi connectivity index (χ2n) is 7.92. The molecule has 2 rings (SSSR count). The molecule has 0 radical (unpaired) electrons. The minimum atomic E-state index is -0.190. The Balaban J connectivity index is 0.00000420. The highest BCUT2D eigenvalue weighted by Gasteiger charge is 2.32. The van der Waals surface area contributed by atoms with Crippen molar-refractivity contribution in [3.8, 4) is 5.75 Å². The van der Waals surface area contributed by atoms with Crippen molar-refractivity contribution >= 4 is 29.9 Å². The summed E-state index contributed by atoms with van der Waals surface area (Å²) in [5.41, 5.74) is 2.14. The molecule has 0 spiro atoms. The number of nitrogens with zero attached hydrogens (tertiary/aromatic N) is 1. The van der Waals surface area contributed by atoms with E-state index in [1.807, 2.05) is 0 Å². The number of aliphatic imine (C=N–C) groups is 1. The van der Waals surface area contributed by atoms with Crippen LogP contribution in [-0.4, -0.2) is 52.1 Å². The summed E-state index contributed by atoms with van der Waals surface area (Å²) in [4.78, 5) is 4.35. The quantitative estimate of drug-likeness (QED) is 0.295. The summed E-state index contributed by atoms with van der Waals surface area (Å²) in [5.74, 6) is 2.34. The van der Waals surface area contributed by atoms with E-state index in [2.05, 4.69) is 54.6 Å². The molecule has 1 saturated heterocycles. The number of halogens is 1. The molecule has 0 saturated carbocycles. The van der Waals surface area contributed by atoms with Crippen LogP contribution in [0.4, 0.5) is 0 Å². The molecule has 0 bridgehead atoms. The van der Waals surface area contributed by atoms with E-state index in [0.717, 1.165) is 56.4 Å². The van der Waals surface area contributed by atoms with Crippen molar-refractivity contribution < 1.29 is 14.2 Å². The van der Waals surface area contributed by atoms with E-state index in [-0.39, 0.29) is 29.6 Å². The van der Waals surface area contributed by atoms with Gasteiger partial charge in [-0.2, -0.15) is 0 Å². The van der Waals surface area contributed by atoms with Crippen molar-refractivity contribution in [3.63, 3.8) is 0 Å². The fourth-order valence-electron chi connectivity index (χ4n) is 3.19. The number of ether oxygens (including phenoxy) is 3. The molecule has 1 aromatic rings. The third-order valence-electron chi connectivity index (χ3n) is 5.26. The Hall–Kier alpha value is -1.06. The fourth-order valence-corrected chi connectivity index (χ4v) is 3.19. The van der Waals surface area contributed by atoms with Gasteiger partial charge in [-0.3, -0.25) is 4.99 Å². The van der Waals surface area contributed by atoms with Crippen LogP contribution in [-0.2, 0) is 16.0 Å². The van der Waals surface area contributed by atoms with Crippen LogP contribution >= 0.6 is 24.0 Å². The van der Waals surface area contributed by atoms with Crippen LogP contribution in [0.3, 0.4) is 0 Å². The first-order chi connectivity index (χ1) is 13.5. The summed E-state index contributed by atoms with van der Waals surface area (Å²) >= 11 is 0. The van der Waals surface area contributed by atoms with Gasteiger partial charge in [-0.15, -0.1) is 24.0 Å². The first-order valence-corrected chi connectivity index (χ1v) is 10.3. The molecule has 2 N–H and O–H groups in total. The minimum Gasteiger partial charge on any atom is -0.493 e. The van der Waals surface area contributed by atoms with Gasteiger partial charge in [0.25, 0.3) is 0 Å². The van der Waals surface area contributed by atoms with Gasteiger partial charge in [0.05, 0.1) is 12.2 Å². The first kappa shape index (κ1) is 26.0. The lowest BCUT2D eigenvalue weighted by Crippen LogP contribution is -2.50. The summed E-state index contributed by atoms with van der Waals surface area (Å²) in [6, 6.07) is 6.34. The van der Waals surface area contributed by atoms with Crippen LogP contribution < -0.4 is 15.4 Å². The highest BCUT2D eigenvalue weighted by Crippen LogP contribution is 2.24. The van der Waals surface area contributed by atoms with Crippen molar-refractivity contribution in [3.05, 3.63) is 29.3 Å². The summed E-state index contributed by atoms with van der Waals surface area (Å²) < 4.78 is 17.3. The monoisotopic (exact) mass is 519 g/mol. The van der Waals surface area contributed by atoms with E-state index >= 15 is 0 Å². The van der Waals surface area contributed by atoms with Crippen molar-refractivity contribution in [2.24, 2.45) is 10.9 Å². The Kier molecular flexibility index (Phi) is 11.9. The van der Waals surface area contributed by atoms with E-state index in [4.69, 9.17) is 14.2 Å². The maximum Gasteiger partial charge on any atom is 0.191 e. The normalized spacial score (nSPS) is 16.3. The van der Waals surface area contributed by atoms with E-state index < -0.39 is 0 Å². The van der Waals surface area contributed by atoms with Crippen LogP contribution in [0.1, 0.15) is 44.2 Å². The van der Waals surface area contributed by atoms with Gasteiger partial charge in [0.15, 0.2) is 5.96 Å². The number of hydrogen-bond donors (Lipinski definition) is 2. The number of aryl methyl sites for hydroxylation is 1. The summed E-state index contributed by atoms with van der Waals surface area (Å²) in [6.07, 6.45) is 2.82. The van der Waals surface area contributed by atoms with E-state index in [0.29, 0.717) is 19.0 Å². The Morgan fingerprint density at radius 2 is 1.97 bits per heavy atom. The molecule has 1 fully saturated rings. The summed E-state index contributed by atoms with van der Waals surface area (Å²) in [6.45, 7) is 10.1. The lowest BCUT2D eigenvalue weighted by Gasteiger charge is -2.36. The Morgan fingerprint density at radius 1 is 1.24 bits per heavy atom. The Bertz CT molecular complexity index is 632. The van der Waals surface area contributed by atoms with Crippen molar-refractivity contribution in [2.45, 2.75) is 52.2 Å². The number of benzene rings is 1. The Morgan fingerprint density at radius 3 is 2.59 bits per heavy atom. The predicted molar refractivity (Wildman–Crippen MR) is 130 cm³/mol. The topological polar surface area (TPSA) is 64.1 Å². The average Bonchev–Trinajstić information content (AvgIpc) is 2.69. The lowest BCUT2D eigenvalue weighted by atomic mass is 9.94. The predicted octanol–water partition coefficient (Wildman–Crippen LogP) is 3.90. The highest BCUT2D eigenvalue weighted by molar-refractivity contribution is 14.0. The zero-order valence-electron chi connectivity index (χ0n) is 18.5. The van der Waals surface area contributed by atoms with Gasteiger partial charge in [0.1, 0.15) is 5.75 Å². The Labute approximate surface area is 193 Å². The van der Waals surface area contributed by atoms with E-state index in [1.54, 1.807) is 14.2 Å². The molecule has 1 aliphatic heterocycles. The maximum atomic E-state index is 6.05. The highest BCUT2D eigenvalue weighted by atomic mass is 127. The lowest BCUT2D eigenvalue weighted by molar-refractivity contribution is -0.0855. The molecule has 1 heterocycles. The second-order valence-corrected chi connectivity index (χ2v) is 7.92. The number of rotatable bonds is 9. The zero-order valence-corrected chi connectivity index (χ0v) is 20.9. The van der Waals surface area contributed by atoms with Crippen LogP contribution in [0.2, 0.25) is 0 Å². The number of nitrogens with one attached hydrogen (secondary N) is 2. The molecule has 0 atom stereocenters. The van der Waals surface area contributed by atoms with Crippen molar-refractivity contribution in [1.82, 2.24) is 10.6 Å². The van der Waals surface area contributed by atoms with Gasteiger partial charge in [-0.1, -0.05) is 26.0 Å². The number of methoxy groups -OCH3 is 1. The molecule has 0 unspecified atom stereocenters. The molecule has 1 aromatic carbocycles. The van der Waals surface area contributed by atoms with Crippen molar-refractivity contribution in [1.29, 1.82) is 0 Å². The molecule has 1 aliphatic rings. The molecule has 0 aliphatic carbocycles. The molecule has 166 valence electrons. The molecular formula is C22H38IN3O3. The third kappa shape index (κ3) is 8.68. The number of hydrogen-bond acceptors (Lipinski definition) is 4. The van der Waals surface area contributed by atoms with Gasteiger partial charge in [0, 0.05) is 58.9 Å². The van der Waals surface area contributed by atoms with Crippen LogP contribution in [0.5, 0.6) is 5.75 Å². The fraction of sp³-hybridized carbons (Fsp3) is 0.682. The first-order valence-electron chi connectivity index (χ1n) is 10.3. The van der Waals surface area contributed by atoms with Gasteiger partial charge < -0.3 is 24.8 Å². The molecule has 0 aromatic heterocycles. The summed E-state index contributed by atoms with van der Waals surface area (Å²) in [7, 11) is 3.56. The van der Waals surface area contributed by atoms with Crippen LogP contribution in [0.25, 0.3) is 0 Å². The van der Waals surface area contributed by atoms with Crippen LogP contribution in [0, 0.1) is 12.8 Å². The van der Waals surface area contributed by atoms with Gasteiger partial charge >= 0.3 is 0 Å². The molecular weight excluding hydrogens is 481 g/mol. The van der Waals surface area contributed by atoms with Crippen molar-refractivity contribution in [2.75, 3.05) is 40.5 Å². The SMILES string of the molecule is CN=C(NCc1ccc(C)cc1OCCC(C)C)NCC1(OC)CCOCC1.I. The van der Waals surface area contributed by atoms with Gasteiger partial charge in [-0.05, 0) is 30.9 Å². The van der Waals surface area contributed by atoms with Gasteiger partial charge in [0.2, 0.25) is 0 Å². The average molecular weight is 519 g/mol. The molecule has 6 nitrogen and oxygen atoms in total. The minimum absolute atomic E-state index is 0. The van der Waals surface area contributed by atoms with E-state index in [1.165, 1.54) is 5.56 Å². The summed E-state index contributed by atoms with van der Waals surface area (Å²) in [5, 5.41) is 6.81. The molecule has 0 amide bonds. The molecule has 7 heteroatoms.